The minimum absolute atomic E-state index is 0.128. The van der Waals surface area contributed by atoms with Gasteiger partial charge in [-0.05, 0) is 5.25 Å². The SMILES string of the molecule is CC(C)SCc1noc(C2COCCC2=O)n1. The normalized spacial score (nSPS) is 21.1. The van der Waals surface area contributed by atoms with E-state index in [1.807, 2.05) is 0 Å². The van der Waals surface area contributed by atoms with E-state index in [0.717, 1.165) is 0 Å². The lowest BCUT2D eigenvalue weighted by atomic mass is 10.0. The second-order valence-electron chi connectivity index (χ2n) is 4.25. The number of carbonyl (C=O) groups excluding carboxylic acids is 1. The third-order valence-electron chi connectivity index (χ3n) is 2.49. The Hall–Kier alpha value is -0.880. The summed E-state index contributed by atoms with van der Waals surface area (Å²) in [5.41, 5.74) is 0. The fourth-order valence-corrected chi connectivity index (χ4v) is 2.16. The molecule has 0 saturated carbocycles. The number of thioether (sulfide) groups is 1. The summed E-state index contributed by atoms with van der Waals surface area (Å²) < 4.78 is 10.4. The molecule has 0 spiro atoms. The van der Waals surface area contributed by atoms with Crippen LogP contribution in [0.15, 0.2) is 4.52 Å². The number of hydrogen-bond acceptors (Lipinski definition) is 6. The van der Waals surface area contributed by atoms with Gasteiger partial charge in [0.1, 0.15) is 11.7 Å². The van der Waals surface area contributed by atoms with Crippen LogP contribution in [0.2, 0.25) is 0 Å². The summed E-state index contributed by atoms with van der Waals surface area (Å²) in [5, 5.41) is 4.41. The predicted octanol–water partition coefficient (Wildman–Crippen LogP) is 1.78. The number of ether oxygens (including phenoxy) is 1. The third kappa shape index (κ3) is 3.29. The summed E-state index contributed by atoms with van der Waals surface area (Å²) in [6.07, 6.45) is 0.434. The van der Waals surface area contributed by atoms with Crippen molar-refractivity contribution < 1.29 is 14.1 Å². The average molecular weight is 256 g/mol. The van der Waals surface area contributed by atoms with Crippen LogP contribution in [0, 0.1) is 0 Å². The van der Waals surface area contributed by atoms with Crippen molar-refractivity contribution >= 4 is 17.5 Å². The molecular weight excluding hydrogens is 240 g/mol. The number of nitrogens with zero attached hydrogens (tertiary/aromatic N) is 2. The molecule has 1 saturated heterocycles. The lowest BCUT2D eigenvalue weighted by Gasteiger charge is -2.17. The maximum absolute atomic E-state index is 11.7. The number of carbonyl (C=O) groups is 1. The molecule has 5 nitrogen and oxygen atoms in total. The van der Waals surface area contributed by atoms with Crippen LogP contribution in [0.4, 0.5) is 0 Å². The van der Waals surface area contributed by atoms with Crippen LogP contribution in [-0.4, -0.2) is 34.4 Å². The number of hydrogen-bond donors (Lipinski definition) is 0. The van der Waals surface area contributed by atoms with Crippen molar-refractivity contribution in [1.29, 1.82) is 0 Å². The summed E-state index contributed by atoms with van der Waals surface area (Å²) in [4.78, 5) is 15.9. The molecule has 0 radical (unpaired) electrons. The van der Waals surface area contributed by atoms with E-state index in [4.69, 9.17) is 9.26 Å². The minimum Gasteiger partial charge on any atom is -0.380 e. The summed E-state index contributed by atoms with van der Waals surface area (Å²) in [5.74, 6) is 1.52. The minimum atomic E-state index is -0.367. The Morgan fingerprint density at radius 2 is 2.35 bits per heavy atom. The molecule has 0 aliphatic carbocycles. The molecule has 94 valence electrons. The first-order valence-corrected chi connectivity index (χ1v) is 6.76. The summed E-state index contributed by atoms with van der Waals surface area (Å²) in [6.45, 7) is 5.09. The molecule has 2 heterocycles. The Morgan fingerprint density at radius 1 is 1.53 bits per heavy atom. The van der Waals surface area contributed by atoms with E-state index < -0.39 is 0 Å². The Balaban J connectivity index is 1.99. The zero-order chi connectivity index (χ0) is 12.3. The van der Waals surface area contributed by atoms with Crippen LogP contribution >= 0.6 is 11.8 Å². The predicted molar refractivity (Wildman–Crippen MR) is 63.9 cm³/mol. The van der Waals surface area contributed by atoms with Crippen molar-refractivity contribution in [3.63, 3.8) is 0 Å². The lowest BCUT2D eigenvalue weighted by Crippen LogP contribution is -2.25. The van der Waals surface area contributed by atoms with Gasteiger partial charge in [0.25, 0.3) is 0 Å². The van der Waals surface area contributed by atoms with Crippen molar-refractivity contribution in [2.24, 2.45) is 0 Å². The molecular formula is C11H16N2O3S. The molecule has 17 heavy (non-hydrogen) atoms. The van der Waals surface area contributed by atoms with E-state index in [0.29, 0.717) is 42.4 Å². The first-order chi connectivity index (χ1) is 8.16. The van der Waals surface area contributed by atoms with Gasteiger partial charge in [-0.2, -0.15) is 16.7 Å². The first kappa shape index (κ1) is 12.6. The third-order valence-corrected chi connectivity index (χ3v) is 3.59. The number of rotatable bonds is 4. The van der Waals surface area contributed by atoms with Crippen molar-refractivity contribution in [2.45, 2.75) is 37.2 Å². The highest BCUT2D eigenvalue weighted by atomic mass is 32.2. The van der Waals surface area contributed by atoms with Gasteiger partial charge in [0.15, 0.2) is 5.82 Å². The molecule has 1 aromatic rings. The Bertz CT molecular complexity index is 392. The zero-order valence-electron chi connectivity index (χ0n) is 10.0. The van der Waals surface area contributed by atoms with Gasteiger partial charge in [0.05, 0.1) is 19.0 Å². The number of Topliss-reactive ketones (excluding diaryl/α,β-unsaturated/α-hetero) is 1. The highest BCUT2D eigenvalue weighted by Crippen LogP contribution is 2.22. The largest absolute Gasteiger partial charge is 0.380 e. The van der Waals surface area contributed by atoms with Crippen molar-refractivity contribution in [3.05, 3.63) is 11.7 Å². The molecule has 0 amide bonds. The van der Waals surface area contributed by atoms with Crippen LogP contribution < -0.4 is 0 Å². The molecule has 2 rings (SSSR count). The number of aromatic nitrogens is 2. The van der Waals surface area contributed by atoms with E-state index in [1.165, 1.54) is 0 Å². The van der Waals surface area contributed by atoms with Gasteiger partial charge >= 0.3 is 0 Å². The monoisotopic (exact) mass is 256 g/mol. The summed E-state index contributed by atoms with van der Waals surface area (Å²) >= 11 is 1.74. The molecule has 0 aromatic carbocycles. The van der Waals surface area contributed by atoms with Crippen LogP contribution in [0.5, 0.6) is 0 Å². The Labute approximate surface area is 104 Å². The molecule has 1 aliphatic rings. The van der Waals surface area contributed by atoms with E-state index in [-0.39, 0.29) is 11.7 Å². The lowest BCUT2D eigenvalue weighted by molar-refractivity contribution is -0.127. The quantitative estimate of drug-likeness (QED) is 0.818. The van der Waals surface area contributed by atoms with Gasteiger partial charge in [-0.25, -0.2) is 0 Å². The smallest absolute Gasteiger partial charge is 0.239 e. The second-order valence-corrected chi connectivity index (χ2v) is 5.82. The standard InChI is InChI=1S/C11H16N2O3S/c1-7(2)17-6-10-12-11(16-13-10)8-5-15-4-3-9(8)14/h7-8H,3-6H2,1-2H3. The maximum atomic E-state index is 11.7. The highest BCUT2D eigenvalue weighted by molar-refractivity contribution is 7.99. The fraction of sp³-hybridized carbons (Fsp3) is 0.727. The van der Waals surface area contributed by atoms with Crippen molar-refractivity contribution in [3.8, 4) is 0 Å². The average Bonchev–Trinajstić information content (AvgIpc) is 2.75. The van der Waals surface area contributed by atoms with E-state index in [9.17, 15) is 4.79 Å². The molecule has 1 fully saturated rings. The molecule has 1 atom stereocenters. The van der Waals surface area contributed by atoms with Crippen LogP contribution in [0.25, 0.3) is 0 Å². The molecule has 1 unspecified atom stereocenters. The number of ketones is 1. The van der Waals surface area contributed by atoms with Gasteiger partial charge in [0, 0.05) is 6.42 Å². The van der Waals surface area contributed by atoms with Crippen LogP contribution in [0.1, 0.15) is 37.9 Å². The molecule has 1 aromatic heterocycles. The molecule has 1 aliphatic heterocycles. The van der Waals surface area contributed by atoms with Crippen LogP contribution in [-0.2, 0) is 15.3 Å². The van der Waals surface area contributed by atoms with Gasteiger partial charge in [-0.15, -0.1) is 0 Å². The maximum Gasteiger partial charge on any atom is 0.239 e. The molecule has 0 N–H and O–H groups in total. The fourth-order valence-electron chi connectivity index (χ4n) is 1.56. The van der Waals surface area contributed by atoms with E-state index in [1.54, 1.807) is 11.8 Å². The van der Waals surface area contributed by atoms with Gasteiger partial charge in [-0.1, -0.05) is 19.0 Å². The Kier molecular flexibility index (Phi) is 4.17. The molecule has 6 heteroatoms. The second kappa shape index (κ2) is 5.64. The summed E-state index contributed by atoms with van der Waals surface area (Å²) in [6, 6.07) is 0. The topological polar surface area (TPSA) is 65.2 Å². The highest BCUT2D eigenvalue weighted by Gasteiger charge is 2.29. The summed E-state index contributed by atoms with van der Waals surface area (Å²) in [7, 11) is 0. The van der Waals surface area contributed by atoms with E-state index in [2.05, 4.69) is 24.0 Å². The Morgan fingerprint density at radius 3 is 3.06 bits per heavy atom. The van der Waals surface area contributed by atoms with Gasteiger partial charge in [-0.3, -0.25) is 4.79 Å². The van der Waals surface area contributed by atoms with Crippen molar-refractivity contribution in [1.82, 2.24) is 10.1 Å². The molecule has 0 bridgehead atoms. The van der Waals surface area contributed by atoms with Gasteiger partial charge < -0.3 is 9.26 Å². The van der Waals surface area contributed by atoms with Gasteiger partial charge in [0.2, 0.25) is 5.89 Å². The van der Waals surface area contributed by atoms with Crippen molar-refractivity contribution in [2.75, 3.05) is 13.2 Å². The van der Waals surface area contributed by atoms with Crippen LogP contribution in [0.3, 0.4) is 0 Å². The first-order valence-electron chi connectivity index (χ1n) is 5.71. The zero-order valence-corrected chi connectivity index (χ0v) is 10.8. The van der Waals surface area contributed by atoms with E-state index >= 15 is 0 Å².